The third kappa shape index (κ3) is 2.11. The molecule has 1 aromatic heterocycles. The molecule has 0 unspecified atom stereocenters. The van der Waals surface area contributed by atoms with Crippen molar-refractivity contribution < 1.29 is 9.53 Å². The molecule has 16 heavy (non-hydrogen) atoms. The van der Waals surface area contributed by atoms with Gasteiger partial charge in [0.2, 0.25) is 0 Å². The molecule has 2 rings (SSSR count). The number of hydrogen-bond donors (Lipinski definition) is 1. The Labute approximate surface area is 102 Å². The van der Waals surface area contributed by atoms with Crippen LogP contribution in [0.3, 0.4) is 0 Å². The minimum absolute atomic E-state index is 0.195. The summed E-state index contributed by atoms with van der Waals surface area (Å²) in [5, 5.41) is 1.05. The molecular formula is C12H12BrNO2. The third-order valence-electron chi connectivity index (χ3n) is 2.38. The Kier molecular flexibility index (Phi) is 3.29. The highest BCUT2D eigenvalue weighted by Gasteiger charge is 2.11. The van der Waals surface area contributed by atoms with Crippen LogP contribution in [0, 0.1) is 0 Å². The lowest BCUT2D eigenvalue weighted by atomic mass is 10.1. The number of benzene rings is 1. The van der Waals surface area contributed by atoms with Crippen LogP contribution >= 0.6 is 15.9 Å². The first-order valence-corrected chi connectivity index (χ1v) is 5.91. The normalized spacial score (nSPS) is 10.6. The maximum Gasteiger partial charge on any atom is 0.310 e. The van der Waals surface area contributed by atoms with Crippen LogP contribution in [-0.4, -0.2) is 17.6 Å². The van der Waals surface area contributed by atoms with Gasteiger partial charge in [0.15, 0.2) is 0 Å². The fraction of sp³-hybridized carbons (Fsp3) is 0.250. The summed E-state index contributed by atoms with van der Waals surface area (Å²) in [6.07, 6.45) is 2.16. The van der Waals surface area contributed by atoms with Crippen LogP contribution in [0.2, 0.25) is 0 Å². The Bertz CT molecular complexity index is 519. The second-order valence-electron chi connectivity index (χ2n) is 3.46. The van der Waals surface area contributed by atoms with E-state index in [-0.39, 0.29) is 5.97 Å². The Morgan fingerprint density at radius 3 is 3.06 bits per heavy atom. The summed E-state index contributed by atoms with van der Waals surface area (Å²) in [5.41, 5.74) is 1.98. The largest absolute Gasteiger partial charge is 0.466 e. The smallest absolute Gasteiger partial charge is 0.310 e. The molecule has 4 heteroatoms. The van der Waals surface area contributed by atoms with Gasteiger partial charge in [0.1, 0.15) is 0 Å². The molecule has 0 saturated heterocycles. The van der Waals surface area contributed by atoms with Crippen molar-refractivity contribution in [2.75, 3.05) is 6.61 Å². The van der Waals surface area contributed by atoms with Gasteiger partial charge < -0.3 is 9.72 Å². The van der Waals surface area contributed by atoms with Gasteiger partial charge >= 0.3 is 5.97 Å². The lowest BCUT2D eigenvalue weighted by molar-refractivity contribution is -0.142. The molecule has 0 amide bonds. The highest BCUT2D eigenvalue weighted by Crippen LogP contribution is 2.27. The number of rotatable bonds is 3. The minimum atomic E-state index is -0.195. The number of H-pyrrole nitrogens is 1. The van der Waals surface area contributed by atoms with Crippen LogP contribution < -0.4 is 0 Å². The number of aromatic amines is 1. The predicted molar refractivity (Wildman–Crippen MR) is 66.3 cm³/mol. The van der Waals surface area contributed by atoms with E-state index in [9.17, 15) is 4.79 Å². The first-order chi connectivity index (χ1) is 7.72. The van der Waals surface area contributed by atoms with Crippen LogP contribution in [0.15, 0.2) is 28.9 Å². The maximum atomic E-state index is 11.4. The van der Waals surface area contributed by atoms with E-state index in [1.807, 2.05) is 31.3 Å². The number of fused-ring (bicyclic) bond motifs is 1. The fourth-order valence-electron chi connectivity index (χ4n) is 1.71. The van der Waals surface area contributed by atoms with Gasteiger partial charge in [-0.05, 0) is 24.6 Å². The van der Waals surface area contributed by atoms with Crippen LogP contribution in [0.4, 0.5) is 0 Å². The van der Waals surface area contributed by atoms with Crippen LogP contribution in [0.25, 0.3) is 10.9 Å². The lowest BCUT2D eigenvalue weighted by Crippen LogP contribution is -2.07. The standard InChI is InChI=1S/C12H12BrNO2/c1-2-16-11(15)6-8-7-14-10-5-3-4-9(13)12(8)10/h3-5,7,14H,2,6H2,1H3. The first-order valence-electron chi connectivity index (χ1n) is 5.12. The molecule has 0 aliphatic heterocycles. The Morgan fingerprint density at radius 2 is 2.31 bits per heavy atom. The average molecular weight is 282 g/mol. The van der Waals surface area contributed by atoms with Crippen molar-refractivity contribution in [2.45, 2.75) is 13.3 Å². The number of esters is 1. The summed E-state index contributed by atoms with van der Waals surface area (Å²) < 4.78 is 5.93. The summed E-state index contributed by atoms with van der Waals surface area (Å²) in [6.45, 7) is 2.23. The molecule has 84 valence electrons. The van der Waals surface area contributed by atoms with E-state index in [1.165, 1.54) is 0 Å². The monoisotopic (exact) mass is 281 g/mol. The van der Waals surface area contributed by atoms with Crippen molar-refractivity contribution in [2.24, 2.45) is 0 Å². The molecule has 1 N–H and O–H groups in total. The zero-order valence-corrected chi connectivity index (χ0v) is 10.5. The van der Waals surface area contributed by atoms with Crippen molar-refractivity contribution in [1.29, 1.82) is 0 Å². The van der Waals surface area contributed by atoms with Crippen molar-refractivity contribution in [3.05, 3.63) is 34.4 Å². The summed E-state index contributed by atoms with van der Waals surface area (Å²) in [7, 11) is 0. The van der Waals surface area contributed by atoms with Gasteiger partial charge in [-0.15, -0.1) is 0 Å². The van der Waals surface area contributed by atoms with E-state index in [0.717, 1.165) is 20.9 Å². The van der Waals surface area contributed by atoms with Gasteiger partial charge in [-0.25, -0.2) is 0 Å². The van der Waals surface area contributed by atoms with Crippen LogP contribution in [0.1, 0.15) is 12.5 Å². The highest BCUT2D eigenvalue weighted by atomic mass is 79.9. The van der Waals surface area contributed by atoms with Gasteiger partial charge in [0, 0.05) is 21.6 Å². The molecular weight excluding hydrogens is 270 g/mol. The molecule has 0 saturated carbocycles. The second-order valence-corrected chi connectivity index (χ2v) is 4.31. The van der Waals surface area contributed by atoms with E-state index in [0.29, 0.717) is 13.0 Å². The molecule has 1 aromatic carbocycles. The SMILES string of the molecule is CCOC(=O)Cc1c[nH]c2cccc(Br)c12. The van der Waals surface area contributed by atoms with E-state index < -0.39 is 0 Å². The Balaban J connectivity index is 2.34. The Morgan fingerprint density at radius 1 is 1.50 bits per heavy atom. The molecule has 0 bridgehead atoms. The molecule has 0 fully saturated rings. The maximum absolute atomic E-state index is 11.4. The number of hydrogen-bond acceptors (Lipinski definition) is 2. The van der Waals surface area contributed by atoms with Crippen molar-refractivity contribution in [3.8, 4) is 0 Å². The van der Waals surface area contributed by atoms with Crippen LogP contribution in [0.5, 0.6) is 0 Å². The van der Waals surface area contributed by atoms with Gasteiger partial charge in [0.25, 0.3) is 0 Å². The quantitative estimate of drug-likeness (QED) is 0.879. The van der Waals surface area contributed by atoms with E-state index in [2.05, 4.69) is 20.9 Å². The van der Waals surface area contributed by atoms with E-state index in [4.69, 9.17) is 4.74 Å². The van der Waals surface area contributed by atoms with Crippen LogP contribution in [-0.2, 0) is 16.0 Å². The summed E-state index contributed by atoms with van der Waals surface area (Å²) in [6, 6.07) is 5.90. The zero-order chi connectivity index (χ0) is 11.5. The molecule has 3 nitrogen and oxygen atoms in total. The molecule has 1 heterocycles. The van der Waals surface area contributed by atoms with Crippen molar-refractivity contribution in [1.82, 2.24) is 4.98 Å². The predicted octanol–water partition coefficient (Wildman–Crippen LogP) is 3.04. The fourth-order valence-corrected chi connectivity index (χ4v) is 2.34. The molecule has 2 aromatic rings. The molecule has 0 radical (unpaired) electrons. The third-order valence-corrected chi connectivity index (χ3v) is 3.04. The molecule has 0 atom stereocenters. The topological polar surface area (TPSA) is 42.1 Å². The molecule has 0 spiro atoms. The highest BCUT2D eigenvalue weighted by molar-refractivity contribution is 9.10. The average Bonchev–Trinajstić information content (AvgIpc) is 2.63. The van der Waals surface area contributed by atoms with Crippen molar-refractivity contribution in [3.63, 3.8) is 0 Å². The number of nitrogens with one attached hydrogen (secondary N) is 1. The summed E-state index contributed by atoms with van der Waals surface area (Å²) in [5.74, 6) is -0.195. The number of halogens is 1. The van der Waals surface area contributed by atoms with E-state index >= 15 is 0 Å². The molecule has 0 aliphatic carbocycles. The van der Waals surface area contributed by atoms with Gasteiger partial charge in [-0.2, -0.15) is 0 Å². The first kappa shape index (κ1) is 11.2. The number of carbonyl (C=O) groups is 1. The minimum Gasteiger partial charge on any atom is -0.466 e. The molecule has 0 aliphatic rings. The van der Waals surface area contributed by atoms with Gasteiger partial charge in [0.05, 0.1) is 13.0 Å². The zero-order valence-electron chi connectivity index (χ0n) is 8.92. The number of carbonyl (C=O) groups excluding carboxylic acids is 1. The number of aromatic nitrogens is 1. The second kappa shape index (κ2) is 4.70. The Hall–Kier alpha value is -1.29. The number of ether oxygens (including phenoxy) is 1. The van der Waals surface area contributed by atoms with Crippen molar-refractivity contribution >= 4 is 32.8 Å². The van der Waals surface area contributed by atoms with Gasteiger partial charge in [-0.1, -0.05) is 22.0 Å². The van der Waals surface area contributed by atoms with E-state index in [1.54, 1.807) is 0 Å². The van der Waals surface area contributed by atoms with Gasteiger partial charge in [-0.3, -0.25) is 4.79 Å². The lowest BCUT2D eigenvalue weighted by Gasteiger charge is -2.01. The summed E-state index contributed by atoms with van der Waals surface area (Å²) >= 11 is 3.48. The summed E-state index contributed by atoms with van der Waals surface area (Å²) in [4.78, 5) is 14.6.